The molecule has 0 fully saturated rings. The zero-order valence-electron chi connectivity index (χ0n) is 16.3. The molecule has 28 heavy (non-hydrogen) atoms. The van der Waals surface area contributed by atoms with E-state index in [-0.39, 0.29) is 11.5 Å². The number of anilines is 1. The number of nitrogens with one attached hydrogen (secondary N) is 1. The van der Waals surface area contributed by atoms with Gasteiger partial charge in [0.15, 0.2) is 0 Å². The van der Waals surface area contributed by atoms with Crippen LogP contribution in [-0.2, 0) is 6.54 Å². The number of carbonyl (C=O) groups is 2. The highest BCUT2D eigenvalue weighted by atomic mass is 16.4. The fraction of sp³-hybridized carbons (Fsp3) is 0.217. The van der Waals surface area contributed by atoms with Crippen molar-refractivity contribution in [2.45, 2.75) is 33.2 Å². The van der Waals surface area contributed by atoms with Crippen LogP contribution >= 0.6 is 0 Å². The molecule has 144 valence electrons. The Morgan fingerprint density at radius 1 is 1.18 bits per heavy atom. The third kappa shape index (κ3) is 3.56. The largest absolute Gasteiger partial charge is 0.478 e. The molecule has 2 aromatic carbocycles. The number of aryl methyl sites for hydroxylation is 1. The molecule has 1 aromatic heterocycles. The van der Waals surface area contributed by atoms with E-state index >= 15 is 0 Å². The molecule has 0 aliphatic carbocycles. The molecule has 3 rings (SSSR count). The van der Waals surface area contributed by atoms with E-state index < -0.39 is 5.97 Å². The van der Waals surface area contributed by atoms with Gasteiger partial charge in [-0.3, -0.25) is 4.79 Å². The zero-order chi connectivity index (χ0) is 20.4. The molecule has 0 radical (unpaired) electrons. The number of carbonyl (C=O) groups excluding carboxylic acids is 1. The lowest BCUT2D eigenvalue weighted by atomic mass is 10.0. The second-order valence-corrected chi connectivity index (χ2v) is 7.14. The SMILES string of the molecule is C=CCn1c(C(=O)Nc2ccc(C(=O)O)cc2)c(C)c2cc(C(C)C)ccc21. The molecule has 5 heteroatoms. The number of carboxylic acids is 1. The van der Waals surface area contributed by atoms with Crippen molar-refractivity contribution in [2.75, 3.05) is 5.32 Å². The first-order valence-electron chi connectivity index (χ1n) is 9.21. The summed E-state index contributed by atoms with van der Waals surface area (Å²) in [5, 5.41) is 12.9. The van der Waals surface area contributed by atoms with Crippen LogP contribution < -0.4 is 5.32 Å². The van der Waals surface area contributed by atoms with Crippen LogP contribution in [0.1, 0.15) is 51.7 Å². The van der Waals surface area contributed by atoms with E-state index in [4.69, 9.17) is 5.11 Å². The minimum absolute atomic E-state index is 0.177. The number of hydrogen-bond donors (Lipinski definition) is 2. The topological polar surface area (TPSA) is 71.3 Å². The van der Waals surface area contributed by atoms with Gasteiger partial charge in [0.1, 0.15) is 5.69 Å². The maximum Gasteiger partial charge on any atom is 0.335 e. The summed E-state index contributed by atoms with van der Waals surface area (Å²) in [4.78, 5) is 24.0. The minimum atomic E-state index is -0.999. The van der Waals surface area contributed by atoms with Crippen molar-refractivity contribution in [1.82, 2.24) is 4.57 Å². The van der Waals surface area contributed by atoms with E-state index in [1.807, 2.05) is 11.5 Å². The Balaban J connectivity index is 2.03. The Bertz CT molecular complexity index is 1060. The molecule has 0 unspecified atom stereocenters. The van der Waals surface area contributed by atoms with Crippen LogP contribution in [-0.4, -0.2) is 21.6 Å². The first-order valence-corrected chi connectivity index (χ1v) is 9.21. The lowest BCUT2D eigenvalue weighted by Crippen LogP contribution is -2.18. The normalized spacial score (nSPS) is 11.0. The van der Waals surface area contributed by atoms with E-state index in [1.54, 1.807) is 18.2 Å². The summed E-state index contributed by atoms with van der Waals surface area (Å²) in [6.45, 7) is 10.6. The molecule has 0 aliphatic heterocycles. The van der Waals surface area contributed by atoms with Gasteiger partial charge < -0.3 is 15.0 Å². The van der Waals surface area contributed by atoms with Gasteiger partial charge in [0, 0.05) is 23.1 Å². The van der Waals surface area contributed by atoms with Crippen molar-refractivity contribution in [2.24, 2.45) is 0 Å². The number of fused-ring (bicyclic) bond motifs is 1. The lowest BCUT2D eigenvalue weighted by Gasteiger charge is -2.10. The van der Waals surface area contributed by atoms with E-state index in [2.05, 4.69) is 43.9 Å². The van der Waals surface area contributed by atoms with Gasteiger partial charge in [-0.1, -0.05) is 26.0 Å². The van der Waals surface area contributed by atoms with Gasteiger partial charge in [-0.25, -0.2) is 4.79 Å². The second-order valence-electron chi connectivity index (χ2n) is 7.14. The van der Waals surface area contributed by atoms with Gasteiger partial charge in [0.2, 0.25) is 0 Å². The molecular formula is C23H24N2O3. The quantitative estimate of drug-likeness (QED) is 0.580. The van der Waals surface area contributed by atoms with Crippen LogP contribution in [0.4, 0.5) is 5.69 Å². The molecule has 0 bridgehead atoms. The number of nitrogens with zero attached hydrogens (tertiary/aromatic N) is 1. The molecule has 1 amide bonds. The van der Waals surface area contributed by atoms with Crippen LogP contribution in [0.2, 0.25) is 0 Å². The number of aromatic carboxylic acids is 1. The third-order valence-electron chi connectivity index (χ3n) is 4.92. The number of allylic oxidation sites excluding steroid dienone is 1. The van der Waals surface area contributed by atoms with Gasteiger partial charge in [0.05, 0.1) is 5.56 Å². The Morgan fingerprint density at radius 2 is 1.86 bits per heavy atom. The predicted molar refractivity (Wildman–Crippen MR) is 112 cm³/mol. The van der Waals surface area contributed by atoms with Crippen molar-refractivity contribution in [3.63, 3.8) is 0 Å². The van der Waals surface area contributed by atoms with E-state index in [0.29, 0.717) is 23.8 Å². The zero-order valence-corrected chi connectivity index (χ0v) is 16.3. The fourth-order valence-electron chi connectivity index (χ4n) is 3.40. The molecular weight excluding hydrogens is 352 g/mol. The summed E-state index contributed by atoms with van der Waals surface area (Å²) in [5.74, 6) is -0.831. The molecule has 0 aliphatic rings. The van der Waals surface area contributed by atoms with Gasteiger partial charge in [0.25, 0.3) is 5.91 Å². The summed E-state index contributed by atoms with van der Waals surface area (Å²) in [7, 11) is 0. The highest BCUT2D eigenvalue weighted by Crippen LogP contribution is 2.29. The average Bonchev–Trinajstić information content (AvgIpc) is 2.94. The lowest BCUT2D eigenvalue weighted by molar-refractivity contribution is 0.0696. The standard InChI is InChI=1S/C23H24N2O3/c1-5-12-25-20-11-8-17(14(2)3)13-19(20)15(4)21(25)22(26)24-18-9-6-16(7-10-18)23(27)28/h5-11,13-14H,1,12H2,2-4H3,(H,24,26)(H,27,28). The van der Waals surface area contributed by atoms with Crippen LogP contribution in [0.5, 0.6) is 0 Å². The smallest absolute Gasteiger partial charge is 0.335 e. The van der Waals surface area contributed by atoms with E-state index in [1.165, 1.54) is 17.7 Å². The molecule has 0 saturated heterocycles. The first kappa shape index (κ1) is 19.4. The Hall–Kier alpha value is -3.34. The average molecular weight is 376 g/mol. The molecule has 0 atom stereocenters. The maximum absolute atomic E-state index is 13.1. The van der Waals surface area contributed by atoms with E-state index in [0.717, 1.165) is 16.5 Å². The van der Waals surface area contributed by atoms with Crippen molar-refractivity contribution in [3.8, 4) is 0 Å². The van der Waals surface area contributed by atoms with Crippen molar-refractivity contribution in [1.29, 1.82) is 0 Å². The van der Waals surface area contributed by atoms with Crippen LogP contribution in [0, 0.1) is 6.92 Å². The first-order chi connectivity index (χ1) is 13.3. The van der Waals surface area contributed by atoms with Crippen LogP contribution in [0.3, 0.4) is 0 Å². The molecule has 5 nitrogen and oxygen atoms in total. The Labute approximate surface area is 164 Å². The second kappa shape index (κ2) is 7.72. The van der Waals surface area contributed by atoms with Crippen LogP contribution in [0.25, 0.3) is 10.9 Å². The summed E-state index contributed by atoms with van der Waals surface area (Å²) in [6, 6.07) is 12.4. The number of aromatic nitrogens is 1. The molecule has 2 N–H and O–H groups in total. The Kier molecular flexibility index (Phi) is 5.36. The number of carboxylic acid groups (broad SMARTS) is 1. The fourth-order valence-corrected chi connectivity index (χ4v) is 3.40. The van der Waals surface area contributed by atoms with E-state index in [9.17, 15) is 9.59 Å². The summed E-state index contributed by atoms with van der Waals surface area (Å²) >= 11 is 0. The highest BCUT2D eigenvalue weighted by Gasteiger charge is 2.20. The van der Waals surface area contributed by atoms with Gasteiger partial charge >= 0.3 is 5.97 Å². The monoisotopic (exact) mass is 376 g/mol. The number of amides is 1. The molecule has 1 heterocycles. The number of hydrogen-bond acceptors (Lipinski definition) is 2. The summed E-state index contributed by atoms with van der Waals surface area (Å²) in [6.07, 6.45) is 1.77. The number of rotatable bonds is 6. The highest BCUT2D eigenvalue weighted by molar-refractivity contribution is 6.08. The summed E-state index contributed by atoms with van der Waals surface area (Å²) < 4.78 is 1.96. The maximum atomic E-state index is 13.1. The molecule has 0 saturated carbocycles. The summed E-state index contributed by atoms with van der Waals surface area (Å²) in [5.41, 5.74) is 4.44. The minimum Gasteiger partial charge on any atom is -0.478 e. The molecule has 3 aromatic rings. The Morgan fingerprint density at radius 3 is 2.43 bits per heavy atom. The third-order valence-corrected chi connectivity index (χ3v) is 4.92. The van der Waals surface area contributed by atoms with Crippen molar-refractivity contribution < 1.29 is 14.7 Å². The van der Waals surface area contributed by atoms with Gasteiger partial charge in [-0.15, -0.1) is 6.58 Å². The number of benzene rings is 2. The van der Waals surface area contributed by atoms with Gasteiger partial charge in [-0.2, -0.15) is 0 Å². The van der Waals surface area contributed by atoms with Crippen molar-refractivity contribution >= 4 is 28.5 Å². The predicted octanol–water partition coefficient (Wildman–Crippen LogP) is 5.21. The molecule has 0 spiro atoms. The van der Waals surface area contributed by atoms with Crippen molar-refractivity contribution in [3.05, 3.63) is 77.5 Å². The van der Waals surface area contributed by atoms with Gasteiger partial charge in [-0.05, 0) is 60.4 Å². The van der Waals surface area contributed by atoms with Crippen LogP contribution in [0.15, 0.2) is 55.1 Å².